The predicted octanol–water partition coefficient (Wildman–Crippen LogP) is 1.30. The lowest BCUT2D eigenvalue weighted by Gasteiger charge is -2.23. The molecule has 0 atom stereocenters. The zero-order valence-corrected chi connectivity index (χ0v) is 6.76. The molecular weight excluding hydrogens is 142 g/mol. The number of hydrogen-bond donors (Lipinski definition) is 0. The Labute approximate surface area is 65.8 Å². The Bertz CT molecular complexity index is 228. The molecule has 1 aliphatic heterocycles. The first-order chi connectivity index (χ1) is 5.03. The van der Waals surface area contributed by atoms with Crippen LogP contribution in [0.2, 0.25) is 0 Å². The van der Waals surface area contributed by atoms with Crippen molar-refractivity contribution in [2.75, 3.05) is 0 Å². The van der Waals surface area contributed by atoms with Crippen molar-refractivity contribution >= 4 is 11.9 Å². The number of nitrogens with zero attached hydrogens (tertiary/aromatic N) is 1. The number of hydrogen-bond acceptors (Lipinski definition) is 3. The summed E-state index contributed by atoms with van der Waals surface area (Å²) in [5, 5.41) is 0. The number of rotatable bonds is 1. The van der Waals surface area contributed by atoms with E-state index in [1.807, 2.05) is 13.8 Å². The van der Waals surface area contributed by atoms with E-state index in [-0.39, 0.29) is 11.5 Å². The molecule has 0 unspecified atom stereocenters. The highest BCUT2D eigenvalue weighted by Gasteiger charge is 2.27. The van der Waals surface area contributed by atoms with Gasteiger partial charge in [0.05, 0.1) is 12.0 Å². The van der Waals surface area contributed by atoms with E-state index in [0.29, 0.717) is 12.3 Å². The van der Waals surface area contributed by atoms with Crippen molar-refractivity contribution in [2.45, 2.75) is 25.8 Å². The van der Waals surface area contributed by atoms with Crippen LogP contribution >= 0.6 is 0 Å². The molecule has 0 amide bonds. The van der Waals surface area contributed by atoms with Crippen LogP contribution in [0.4, 0.5) is 0 Å². The zero-order valence-electron chi connectivity index (χ0n) is 6.76. The Morgan fingerprint density at radius 2 is 2.36 bits per heavy atom. The lowest BCUT2D eigenvalue weighted by Crippen LogP contribution is -2.31. The highest BCUT2D eigenvalue weighted by molar-refractivity contribution is 5.97. The van der Waals surface area contributed by atoms with Crippen LogP contribution in [0.5, 0.6) is 0 Å². The van der Waals surface area contributed by atoms with E-state index in [4.69, 9.17) is 4.74 Å². The normalized spacial score (nSPS) is 22.0. The highest BCUT2D eigenvalue weighted by atomic mass is 16.5. The first kappa shape index (κ1) is 7.98. The summed E-state index contributed by atoms with van der Waals surface area (Å²) in [6, 6.07) is 0. The monoisotopic (exact) mass is 153 g/mol. The Morgan fingerprint density at radius 1 is 1.73 bits per heavy atom. The zero-order chi connectivity index (χ0) is 8.48. The summed E-state index contributed by atoms with van der Waals surface area (Å²) < 4.78 is 4.76. The van der Waals surface area contributed by atoms with Crippen LogP contribution in [0.25, 0.3) is 0 Å². The van der Waals surface area contributed by atoms with Crippen LogP contribution in [0, 0.1) is 0 Å². The molecule has 0 spiro atoms. The van der Waals surface area contributed by atoms with E-state index in [9.17, 15) is 4.79 Å². The minimum atomic E-state index is -0.334. The van der Waals surface area contributed by atoms with E-state index in [0.717, 1.165) is 0 Å². The lowest BCUT2D eigenvalue weighted by atomic mass is 10.0. The topological polar surface area (TPSA) is 38.7 Å². The predicted molar refractivity (Wildman–Crippen MR) is 42.4 cm³/mol. The minimum absolute atomic E-state index is 0.236. The van der Waals surface area contributed by atoms with E-state index in [1.54, 1.807) is 0 Å². The second-order valence-electron chi connectivity index (χ2n) is 3.12. The van der Waals surface area contributed by atoms with Gasteiger partial charge in [0.1, 0.15) is 0 Å². The van der Waals surface area contributed by atoms with Gasteiger partial charge in [-0.25, -0.2) is 4.99 Å². The van der Waals surface area contributed by atoms with Gasteiger partial charge in [-0.15, -0.1) is 0 Å². The van der Waals surface area contributed by atoms with Gasteiger partial charge in [0.2, 0.25) is 5.90 Å². The summed E-state index contributed by atoms with van der Waals surface area (Å²) in [7, 11) is 0. The number of aliphatic imine (C=N–C) groups is 1. The SMILES string of the molecule is C=CC1=NC(C)(C)CC(=O)O1. The third-order valence-electron chi connectivity index (χ3n) is 1.38. The molecule has 1 aliphatic rings. The molecule has 3 nitrogen and oxygen atoms in total. The van der Waals surface area contributed by atoms with Crippen LogP contribution in [0.1, 0.15) is 20.3 Å². The average Bonchev–Trinajstić information content (AvgIpc) is 1.83. The van der Waals surface area contributed by atoms with Gasteiger partial charge in [0.25, 0.3) is 0 Å². The molecular formula is C8H11NO2. The second-order valence-corrected chi connectivity index (χ2v) is 3.12. The fourth-order valence-corrected chi connectivity index (χ4v) is 0.954. The van der Waals surface area contributed by atoms with E-state index >= 15 is 0 Å². The largest absolute Gasteiger partial charge is 0.408 e. The fraction of sp³-hybridized carbons (Fsp3) is 0.500. The molecule has 0 aromatic rings. The van der Waals surface area contributed by atoms with Gasteiger partial charge in [0.15, 0.2) is 0 Å². The van der Waals surface area contributed by atoms with Crippen LogP contribution in [0.15, 0.2) is 17.6 Å². The van der Waals surface area contributed by atoms with Crippen molar-refractivity contribution in [3.63, 3.8) is 0 Å². The van der Waals surface area contributed by atoms with Crippen LogP contribution in [0.3, 0.4) is 0 Å². The first-order valence-corrected chi connectivity index (χ1v) is 3.46. The van der Waals surface area contributed by atoms with E-state index < -0.39 is 0 Å². The number of ether oxygens (including phenoxy) is 1. The van der Waals surface area contributed by atoms with Crippen molar-refractivity contribution in [2.24, 2.45) is 4.99 Å². The van der Waals surface area contributed by atoms with Crippen molar-refractivity contribution in [3.05, 3.63) is 12.7 Å². The fourth-order valence-electron chi connectivity index (χ4n) is 0.954. The van der Waals surface area contributed by atoms with Gasteiger partial charge >= 0.3 is 5.97 Å². The smallest absolute Gasteiger partial charge is 0.314 e. The molecule has 0 radical (unpaired) electrons. The summed E-state index contributed by atoms with van der Waals surface area (Å²) >= 11 is 0. The molecule has 0 fully saturated rings. The maximum Gasteiger partial charge on any atom is 0.314 e. The van der Waals surface area contributed by atoms with Gasteiger partial charge in [-0.1, -0.05) is 6.58 Å². The third-order valence-corrected chi connectivity index (χ3v) is 1.38. The Morgan fingerprint density at radius 3 is 2.82 bits per heavy atom. The molecule has 1 heterocycles. The van der Waals surface area contributed by atoms with Crippen molar-refractivity contribution in [1.82, 2.24) is 0 Å². The Hall–Kier alpha value is -1.12. The standard InChI is InChI=1S/C8H11NO2/c1-4-6-9-8(2,3)5-7(10)11-6/h4H,1,5H2,2-3H3. The summed E-state index contributed by atoms with van der Waals surface area (Å²) in [5.74, 6) is 0.0890. The summed E-state index contributed by atoms with van der Waals surface area (Å²) in [6.07, 6.45) is 1.78. The van der Waals surface area contributed by atoms with Gasteiger partial charge in [0, 0.05) is 0 Å². The molecule has 0 aromatic carbocycles. The molecule has 0 bridgehead atoms. The molecule has 0 saturated heterocycles. The van der Waals surface area contributed by atoms with Gasteiger partial charge < -0.3 is 4.74 Å². The van der Waals surface area contributed by atoms with E-state index in [2.05, 4.69) is 11.6 Å². The molecule has 11 heavy (non-hydrogen) atoms. The van der Waals surface area contributed by atoms with Crippen LogP contribution in [-0.4, -0.2) is 17.4 Å². The molecule has 0 saturated carbocycles. The molecule has 0 aliphatic carbocycles. The maximum atomic E-state index is 10.9. The summed E-state index contributed by atoms with van der Waals surface area (Å²) in [4.78, 5) is 15.0. The number of cyclic esters (lactones) is 1. The lowest BCUT2D eigenvalue weighted by molar-refractivity contribution is -0.137. The highest BCUT2D eigenvalue weighted by Crippen LogP contribution is 2.20. The first-order valence-electron chi connectivity index (χ1n) is 3.46. The van der Waals surface area contributed by atoms with Crippen LogP contribution in [-0.2, 0) is 9.53 Å². The number of carbonyl (C=O) groups excluding carboxylic acids is 1. The van der Waals surface area contributed by atoms with Gasteiger partial charge in [-0.05, 0) is 19.9 Å². The summed E-state index contributed by atoms with van der Waals surface area (Å²) in [5.41, 5.74) is -0.334. The Kier molecular flexibility index (Phi) is 1.81. The maximum absolute atomic E-state index is 10.9. The number of carbonyl (C=O) groups is 1. The van der Waals surface area contributed by atoms with Crippen molar-refractivity contribution in [1.29, 1.82) is 0 Å². The minimum Gasteiger partial charge on any atom is -0.408 e. The summed E-state index contributed by atoms with van der Waals surface area (Å²) in [6.45, 7) is 7.25. The Balaban J connectivity index is 2.90. The second kappa shape index (κ2) is 2.49. The third kappa shape index (κ3) is 1.90. The van der Waals surface area contributed by atoms with E-state index in [1.165, 1.54) is 6.08 Å². The number of esters is 1. The molecule has 60 valence electrons. The molecule has 1 rings (SSSR count). The van der Waals surface area contributed by atoms with Gasteiger partial charge in [-0.2, -0.15) is 0 Å². The van der Waals surface area contributed by atoms with Crippen LogP contribution < -0.4 is 0 Å². The quantitative estimate of drug-likeness (QED) is 0.532. The molecule has 0 N–H and O–H groups in total. The molecule has 0 aromatic heterocycles. The van der Waals surface area contributed by atoms with Crippen molar-refractivity contribution < 1.29 is 9.53 Å². The van der Waals surface area contributed by atoms with Crippen molar-refractivity contribution in [3.8, 4) is 0 Å². The van der Waals surface area contributed by atoms with Gasteiger partial charge in [-0.3, -0.25) is 4.79 Å². The molecule has 3 heteroatoms. The average molecular weight is 153 g/mol.